The number of nitrogens with one attached hydrogen (secondary N) is 1. The zero-order valence-corrected chi connectivity index (χ0v) is 13.1. The highest BCUT2D eigenvalue weighted by molar-refractivity contribution is 5.47. The smallest absolute Gasteiger partial charge is 0.133 e. The maximum Gasteiger partial charge on any atom is 0.133 e. The van der Waals surface area contributed by atoms with Gasteiger partial charge in [-0.05, 0) is 52.0 Å². The minimum atomic E-state index is 0.617. The third-order valence-corrected chi connectivity index (χ3v) is 4.18. The van der Waals surface area contributed by atoms with Gasteiger partial charge in [-0.15, -0.1) is 0 Å². The molecule has 20 heavy (non-hydrogen) atoms. The Hall–Kier alpha value is -1.13. The first-order valence-electron chi connectivity index (χ1n) is 7.78. The van der Waals surface area contributed by atoms with Gasteiger partial charge < -0.3 is 15.1 Å². The van der Waals surface area contributed by atoms with Crippen LogP contribution >= 0.6 is 0 Å². The fourth-order valence-corrected chi connectivity index (χ4v) is 2.84. The summed E-state index contributed by atoms with van der Waals surface area (Å²) in [6, 6.07) is 4.84. The van der Waals surface area contributed by atoms with Crippen molar-refractivity contribution in [3.63, 3.8) is 0 Å². The monoisotopic (exact) mass is 276 g/mol. The summed E-state index contributed by atoms with van der Waals surface area (Å²) >= 11 is 0. The highest BCUT2D eigenvalue weighted by Gasteiger charge is 2.22. The Balaban J connectivity index is 2.03. The van der Waals surface area contributed by atoms with E-state index in [1.54, 1.807) is 0 Å². The number of piperidine rings is 1. The van der Waals surface area contributed by atoms with Gasteiger partial charge in [-0.25, -0.2) is 4.98 Å². The van der Waals surface area contributed by atoms with Gasteiger partial charge in [0.1, 0.15) is 5.82 Å². The Morgan fingerprint density at radius 1 is 1.40 bits per heavy atom. The van der Waals surface area contributed by atoms with Gasteiger partial charge in [0.15, 0.2) is 0 Å². The van der Waals surface area contributed by atoms with Crippen molar-refractivity contribution >= 4 is 5.82 Å². The SMILES string of the molecule is CCCNCc1cccnc1N(C)C1CCN(C)CC1. The fourth-order valence-electron chi connectivity index (χ4n) is 2.84. The third kappa shape index (κ3) is 3.93. The predicted molar refractivity (Wildman–Crippen MR) is 85.2 cm³/mol. The number of aromatic nitrogens is 1. The van der Waals surface area contributed by atoms with E-state index in [4.69, 9.17) is 0 Å². The largest absolute Gasteiger partial charge is 0.356 e. The summed E-state index contributed by atoms with van der Waals surface area (Å²) in [4.78, 5) is 9.42. The maximum atomic E-state index is 4.62. The summed E-state index contributed by atoms with van der Waals surface area (Å²) in [5.41, 5.74) is 1.31. The Kier molecular flexibility index (Phi) is 5.80. The van der Waals surface area contributed by atoms with Crippen LogP contribution in [0.25, 0.3) is 0 Å². The van der Waals surface area contributed by atoms with Crippen LogP contribution in [0.3, 0.4) is 0 Å². The summed E-state index contributed by atoms with van der Waals surface area (Å²) in [5.74, 6) is 1.14. The van der Waals surface area contributed by atoms with Crippen molar-refractivity contribution < 1.29 is 0 Å². The molecule has 4 heteroatoms. The first-order valence-corrected chi connectivity index (χ1v) is 7.78. The summed E-state index contributed by atoms with van der Waals surface area (Å²) in [6.07, 6.45) is 5.53. The van der Waals surface area contributed by atoms with E-state index in [-0.39, 0.29) is 0 Å². The van der Waals surface area contributed by atoms with Crippen LogP contribution in [0.1, 0.15) is 31.7 Å². The predicted octanol–water partition coefficient (Wildman–Crippen LogP) is 2.11. The lowest BCUT2D eigenvalue weighted by Crippen LogP contribution is -2.42. The van der Waals surface area contributed by atoms with Crippen molar-refractivity contribution in [2.45, 2.75) is 38.8 Å². The normalized spacial score (nSPS) is 17.4. The number of hydrogen-bond donors (Lipinski definition) is 1. The van der Waals surface area contributed by atoms with Gasteiger partial charge in [0.05, 0.1) is 0 Å². The molecule has 112 valence electrons. The van der Waals surface area contributed by atoms with Gasteiger partial charge in [-0.3, -0.25) is 0 Å². The molecule has 2 rings (SSSR count). The van der Waals surface area contributed by atoms with Crippen molar-refractivity contribution in [3.05, 3.63) is 23.9 Å². The summed E-state index contributed by atoms with van der Waals surface area (Å²) in [7, 11) is 4.40. The number of pyridine rings is 1. The van der Waals surface area contributed by atoms with E-state index in [2.05, 4.69) is 47.2 Å². The van der Waals surface area contributed by atoms with Gasteiger partial charge >= 0.3 is 0 Å². The number of hydrogen-bond acceptors (Lipinski definition) is 4. The van der Waals surface area contributed by atoms with Crippen molar-refractivity contribution in [2.24, 2.45) is 0 Å². The number of anilines is 1. The van der Waals surface area contributed by atoms with E-state index < -0.39 is 0 Å². The highest BCUT2D eigenvalue weighted by atomic mass is 15.2. The van der Waals surface area contributed by atoms with Gasteiger partial charge in [0.25, 0.3) is 0 Å². The Bertz CT molecular complexity index is 399. The zero-order chi connectivity index (χ0) is 14.4. The van der Waals surface area contributed by atoms with Crippen LogP contribution in [-0.4, -0.2) is 49.7 Å². The molecule has 1 saturated heterocycles. The van der Waals surface area contributed by atoms with Crippen LogP contribution < -0.4 is 10.2 Å². The van der Waals surface area contributed by atoms with Crippen molar-refractivity contribution in [3.8, 4) is 0 Å². The molecule has 0 saturated carbocycles. The zero-order valence-electron chi connectivity index (χ0n) is 13.1. The average molecular weight is 276 g/mol. The number of likely N-dealkylation sites (tertiary alicyclic amines) is 1. The fraction of sp³-hybridized carbons (Fsp3) is 0.688. The Morgan fingerprint density at radius 2 is 2.15 bits per heavy atom. The molecule has 0 amide bonds. The lowest BCUT2D eigenvalue weighted by Gasteiger charge is -2.36. The molecular weight excluding hydrogens is 248 g/mol. The molecule has 0 spiro atoms. The van der Waals surface area contributed by atoms with Crippen LogP contribution in [0, 0.1) is 0 Å². The first kappa shape index (κ1) is 15.3. The van der Waals surface area contributed by atoms with Crippen molar-refractivity contribution in [1.82, 2.24) is 15.2 Å². The van der Waals surface area contributed by atoms with E-state index in [1.807, 2.05) is 12.3 Å². The van der Waals surface area contributed by atoms with Gasteiger partial charge in [0, 0.05) is 31.4 Å². The molecule has 0 aromatic carbocycles. The standard InChI is InChI=1S/C16H28N4/c1-4-9-17-13-14-6-5-10-18-16(14)20(3)15-7-11-19(2)12-8-15/h5-6,10,15,17H,4,7-9,11-13H2,1-3H3. The number of rotatable bonds is 6. The Morgan fingerprint density at radius 3 is 2.85 bits per heavy atom. The van der Waals surface area contributed by atoms with Crippen LogP contribution in [0.4, 0.5) is 5.82 Å². The van der Waals surface area contributed by atoms with E-state index in [0.29, 0.717) is 6.04 Å². The second-order valence-corrected chi connectivity index (χ2v) is 5.81. The van der Waals surface area contributed by atoms with Crippen LogP contribution in [0.5, 0.6) is 0 Å². The topological polar surface area (TPSA) is 31.4 Å². The molecule has 2 heterocycles. The quantitative estimate of drug-likeness (QED) is 0.806. The third-order valence-electron chi connectivity index (χ3n) is 4.18. The second kappa shape index (κ2) is 7.60. The first-order chi connectivity index (χ1) is 9.72. The van der Waals surface area contributed by atoms with Crippen LogP contribution in [0.15, 0.2) is 18.3 Å². The lowest BCUT2D eigenvalue weighted by molar-refractivity contribution is 0.252. The van der Waals surface area contributed by atoms with Gasteiger partial charge in [-0.1, -0.05) is 13.0 Å². The van der Waals surface area contributed by atoms with E-state index in [9.17, 15) is 0 Å². The molecule has 1 aliphatic rings. The molecule has 0 bridgehead atoms. The summed E-state index contributed by atoms with van der Waals surface area (Å²) in [5, 5.41) is 3.48. The maximum absolute atomic E-state index is 4.62. The highest BCUT2D eigenvalue weighted by Crippen LogP contribution is 2.23. The lowest BCUT2D eigenvalue weighted by atomic mass is 10.0. The van der Waals surface area contributed by atoms with Crippen molar-refractivity contribution in [2.75, 3.05) is 38.6 Å². The van der Waals surface area contributed by atoms with E-state index >= 15 is 0 Å². The van der Waals surface area contributed by atoms with E-state index in [1.165, 1.54) is 37.9 Å². The average Bonchev–Trinajstić information content (AvgIpc) is 2.48. The molecule has 1 aliphatic heterocycles. The minimum absolute atomic E-state index is 0.617. The summed E-state index contributed by atoms with van der Waals surface area (Å²) < 4.78 is 0. The molecule has 0 unspecified atom stereocenters. The Labute approximate surface area is 123 Å². The van der Waals surface area contributed by atoms with Gasteiger partial charge in [-0.2, -0.15) is 0 Å². The molecule has 1 fully saturated rings. The van der Waals surface area contributed by atoms with Crippen LogP contribution in [0.2, 0.25) is 0 Å². The number of nitrogens with zero attached hydrogens (tertiary/aromatic N) is 3. The summed E-state index contributed by atoms with van der Waals surface area (Å²) in [6.45, 7) is 6.54. The molecule has 0 aliphatic carbocycles. The minimum Gasteiger partial charge on any atom is -0.356 e. The molecule has 0 atom stereocenters. The molecule has 1 aromatic rings. The van der Waals surface area contributed by atoms with Crippen LogP contribution in [-0.2, 0) is 6.54 Å². The van der Waals surface area contributed by atoms with Crippen molar-refractivity contribution in [1.29, 1.82) is 0 Å². The molecular formula is C16H28N4. The van der Waals surface area contributed by atoms with E-state index in [0.717, 1.165) is 18.9 Å². The second-order valence-electron chi connectivity index (χ2n) is 5.81. The molecule has 0 radical (unpaired) electrons. The van der Waals surface area contributed by atoms with Gasteiger partial charge in [0.2, 0.25) is 0 Å². The molecule has 1 N–H and O–H groups in total. The molecule has 1 aromatic heterocycles. The molecule has 4 nitrogen and oxygen atoms in total.